The summed E-state index contributed by atoms with van der Waals surface area (Å²) in [4.78, 5) is 60.5. The third-order valence-corrected chi connectivity index (χ3v) is 22.0. The molecule has 0 saturated heterocycles. The van der Waals surface area contributed by atoms with E-state index in [0.29, 0.717) is 80.5 Å². The Labute approximate surface area is 706 Å². The van der Waals surface area contributed by atoms with E-state index in [1.807, 2.05) is 116 Å². The maximum atomic E-state index is 14.8. The van der Waals surface area contributed by atoms with Crippen LogP contribution in [-0.2, 0) is 19.0 Å². The second kappa shape index (κ2) is 35.0. The lowest BCUT2D eigenvalue weighted by molar-refractivity contribution is -0.137. The molecule has 5 aromatic carbocycles. The summed E-state index contributed by atoms with van der Waals surface area (Å²) in [6.45, 7) is 11.2. The lowest BCUT2D eigenvalue weighted by Crippen LogP contribution is -2.28. The molecule has 13 aromatic heterocycles. The SMILES string of the molecule is CCN(CC)CCOc1ncc(-c2cc(-c3cc(Cl)ccc3F)nc3ncccc23)c2ccncc12.COc1ccc(-c2cc(-c3cc(F)ccc3F)nc3ncccc23)c2ccncc12.Cc1cc(F)ccc1-c1cc(C2=CCc3ncccc32)c2cccnc2n1.Cc1ccc(C(F)(F)F)cc1-c1cc(C2=CCc3ncccc32)c2cccnc2n1. The Morgan fingerprint density at radius 1 is 0.382 bits per heavy atom. The van der Waals surface area contributed by atoms with Crippen LogP contribution in [0.25, 0.3) is 144 Å². The Bertz CT molecular complexity index is 7210. The van der Waals surface area contributed by atoms with Gasteiger partial charge in [0.1, 0.15) is 35.6 Å². The van der Waals surface area contributed by atoms with E-state index in [-0.39, 0.29) is 11.4 Å². The maximum Gasteiger partial charge on any atom is 0.416 e. The van der Waals surface area contributed by atoms with Crippen LogP contribution >= 0.6 is 11.6 Å². The molecule has 0 atom stereocenters. The first kappa shape index (κ1) is 80.8. The second-order valence-corrected chi connectivity index (χ2v) is 29.5. The van der Waals surface area contributed by atoms with Crippen molar-refractivity contribution in [2.75, 3.05) is 33.4 Å². The van der Waals surface area contributed by atoms with Crippen molar-refractivity contribution >= 4 is 88.4 Å². The van der Waals surface area contributed by atoms with Crippen molar-refractivity contribution in [2.24, 2.45) is 0 Å². The minimum Gasteiger partial charge on any atom is -0.496 e. The summed E-state index contributed by atoms with van der Waals surface area (Å²) in [5.74, 6) is -0.488. The van der Waals surface area contributed by atoms with E-state index in [4.69, 9.17) is 26.1 Å². The molecular weight excluding hydrogens is 1590 g/mol. The van der Waals surface area contributed by atoms with Gasteiger partial charge < -0.3 is 14.4 Å². The number of alkyl halides is 3. The number of aromatic nitrogens is 13. The van der Waals surface area contributed by atoms with Crippen LogP contribution in [0.15, 0.2) is 274 Å². The largest absolute Gasteiger partial charge is 0.496 e. The summed E-state index contributed by atoms with van der Waals surface area (Å²) in [7, 11) is 1.61. The van der Waals surface area contributed by atoms with E-state index in [0.717, 1.165) is 189 Å². The molecule has 2 aliphatic carbocycles. The quantitative estimate of drug-likeness (QED) is 0.0880. The Hall–Kier alpha value is -14.6. The molecule has 0 aliphatic heterocycles. The second-order valence-electron chi connectivity index (χ2n) is 29.1. The molecule has 0 saturated carbocycles. The highest BCUT2D eigenvalue weighted by Crippen LogP contribution is 2.45. The zero-order valence-corrected chi connectivity index (χ0v) is 67.6. The van der Waals surface area contributed by atoms with Crippen LogP contribution in [0.5, 0.6) is 11.6 Å². The summed E-state index contributed by atoms with van der Waals surface area (Å²) in [6.07, 6.45) is 20.4. The third kappa shape index (κ3) is 16.7. The Morgan fingerprint density at radius 2 is 0.854 bits per heavy atom. The first-order valence-corrected chi connectivity index (χ1v) is 39.9. The smallest absolute Gasteiger partial charge is 0.416 e. The Morgan fingerprint density at radius 3 is 1.41 bits per heavy atom. The van der Waals surface area contributed by atoms with E-state index in [2.05, 4.69) is 103 Å². The van der Waals surface area contributed by atoms with Gasteiger partial charge in [-0.15, -0.1) is 0 Å². The number of pyridine rings is 13. The van der Waals surface area contributed by atoms with Gasteiger partial charge in [-0.1, -0.05) is 61.9 Å². The number of halogens is 8. The maximum absolute atomic E-state index is 14.8. The number of likely N-dealkylation sites (N-methyl/N-ethyl adjacent to an activating group) is 1. The van der Waals surface area contributed by atoms with E-state index >= 15 is 0 Å². The molecular formula is C99H72ClF7N14O2. The topological polar surface area (TPSA) is 189 Å². The molecule has 0 unspecified atom stereocenters. The van der Waals surface area contributed by atoms with Gasteiger partial charge in [-0.3, -0.25) is 19.9 Å². The van der Waals surface area contributed by atoms with Crippen molar-refractivity contribution in [3.05, 3.63) is 353 Å². The molecule has 18 aromatic rings. The number of methoxy groups -OCH3 is 1. The van der Waals surface area contributed by atoms with Crippen molar-refractivity contribution < 1.29 is 40.2 Å². The monoisotopic (exact) mass is 1660 g/mol. The van der Waals surface area contributed by atoms with Crippen LogP contribution in [0.4, 0.5) is 30.7 Å². The molecule has 20 rings (SSSR count). The fourth-order valence-corrected chi connectivity index (χ4v) is 15.8. The van der Waals surface area contributed by atoms with Crippen LogP contribution in [0.3, 0.4) is 0 Å². The number of hydrogen-bond acceptors (Lipinski definition) is 16. The van der Waals surface area contributed by atoms with E-state index in [1.54, 1.807) is 94.2 Å². The normalized spacial score (nSPS) is 12.2. The zero-order chi connectivity index (χ0) is 85.0. The van der Waals surface area contributed by atoms with Crippen molar-refractivity contribution in [2.45, 2.75) is 46.7 Å². The predicted molar refractivity (Wildman–Crippen MR) is 468 cm³/mol. The van der Waals surface area contributed by atoms with Gasteiger partial charge in [0.15, 0.2) is 22.6 Å². The van der Waals surface area contributed by atoms with Gasteiger partial charge in [0.2, 0.25) is 5.88 Å². The average molecular weight is 1660 g/mol. The molecule has 123 heavy (non-hydrogen) atoms. The summed E-state index contributed by atoms with van der Waals surface area (Å²) in [5.41, 5.74) is 18.6. The third-order valence-electron chi connectivity index (χ3n) is 21.8. The van der Waals surface area contributed by atoms with Crippen molar-refractivity contribution in [1.82, 2.24) is 69.7 Å². The number of hydrogen-bond donors (Lipinski definition) is 0. The van der Waals surface area contributed by atoms with Crippen LogP contribution in [0, 0.1) is 37.1 Å². The number of aryl methyl sites for hydroxylation is 2. The van der Waals surface area contributed by atoms with Gasteiger partial charge in [-0.25, -0.2) is 62.4 Å². The average Bonchev–Trinajstić information content (AvgIpc) is 0.968. The molecule has 606 valence electrons. The molecule has 0 spiro atoms. The molecule has 2 aliphatic rings. The standard InChI is InChI=1S/C28H25ClFN5O.C24H16F3N3.C24H15F2N3O.C23H16FN3/c1-3-35(4-2)12-13-36-28-24-16-31-11-9-19(24)23(17-33-28)21-15-26(22-14-18(29)7-8-25(22)30)34-27-20(21)6-5-10-32-27;1-14-6-7-15(24(25,26)27)12-19(14)22-13-20(18-5-3-11-29-23(18)30-22)16-8-9-21-17(16)4-2-10-28-21;1-30-23-7-5-15(16-8-10-27-13-20(16)23)18-12-22(19-11-14(25)4-6-21(19)26)29-24-17(18)3-2-9-28-24;1-14-12-15(24)6-7-16(14)22-13-20(19-5-3-11-26-23(19)27-22)17-8-9-21-18(17)4-2-10-25-21/h5-11,14-17H,3-4,12-13H2,1-2H3;2-8,10-13H,9H2,1H3;2-13H,1H3;2-8,10-13H,9H2,1H3. The molecule has 16 nitrogen and oxygen atoms in total. The van der Waals surface area contributed by atoms with Crippen molar-refractivity contribution in [1.29, 1.82) is 0 Å². The van der Waals surface area contributed by atoms with Crippen LogP contribution < -0.4 is 9.47 Å². The van der Waals surface area contributed by atoms with Crippen LogP contribution in [0.2, 0.25) is 5.02 Å². The molecule has 13 heterocycles. The highest BCUT2D eigenvalue weighted by molar-refractivity contribution is 6.31. The number of rotatable bonds is 15. The van der Waals surface area contributed by atoms with Crippen molar-refractivity contribution in [3.63, 3.8) is 0 Å². The first-order chi connectivity index (χ1) is 59.9. The number of fused-ring (bicyclic) bond motifs is 8. The lowest BCUT2D eigenvalue weighted by atomic mass is 9.95. The molecule has 0 amide bonds. The number of nitrogens with zero attached hydrogens (tertiary/aromatic N) is 14. The fraction of sp³-hybridized carbons (Fsp3) is 0.121. The van der Waals surface area contributed by atoms with Gasteiger partial charge >= 0.3 is 6.18 Å². The number of allylic oxidation sites excluding steroid dienone is 2. The Balaban J connectivity index is 0.000000117. The summed E-state index contributed by atoms with van der Waals surface area (Å²) in [5, 5.41) is 7.43. The minimum absolute atomic E-state index is 0.0864. The van der Waals surface area contributed by atoms with E-state index in [9.17, 15) is 30.7 Å². The summed E-state index contributed by atoms with van der Waals surface area (Å²) < 4.78 is 108. The fourth-order valence-electron chi connectivity index (χ4n) is 15.6. The highest BCUT2D eigenvalue weighted by atomic mass is 35.5. The number of ether oxygens (including phenoxy) is 2. The lowest BCUT2D eigenvalue weighted by Gasteiger charge is -2.18. The molecule has 0 bridgehead atoms. The van der Waals surface area contributed by atoms with Gasteiger partial charge in [0.25, 0.3) is 0 Å². The molecule has 0 fully saturated rings. The zero-order valence-electron chi connectivity index (χ0n) is 66.8. The van der Waals surface area contributed by atoms with E-state index in [1.165, 1.54) is 30.3 Å². The Kier molecular flexibility index (Phi) is 23.0. The van der Waals surface area contributed by atoms with Gasteiger partial charge in [-0.2, -0.15) is 13.2 Å². The first-order valence-electron chi connectivity index (χ1n) is 39.5. The van der Waals surface area contributed by atoms with Gasteiger partial charge in [0, 0.05) is 158 Å². The summed E-state index contributed by atoms with van der Waals surface area (Å²) >= 11 is 6.17. The summed E-state index contributed by atoms with van der Waals surface area (Å²) in [6, 6.07) is 54.7. The molecule has 0 N–H and O–H groups in total. The predicted octanol–water partition coefficient (Wildman–Crippen LogP) is 23.4. The van der Waals surface area contributed by atoms with Crippen LogP contribution in [-0.4, -0.2) is 103 Å². The molecule has 24 heteroatoms. The van der Waals surface area contributed by atoms with Crippen LogP contribution in [0.1, 0.15) is 64.2 Å². The van der Waals surface area contributed by atoms with Gasteiger partial charge in [-0.05, 0) is 258 Å². The molecule has 0 radical (unpaired) electrons. The van der Waals surface area contributed by atoms with Gasteiger partial charge in [0.05, 0.1) is 52.2 Å². The number of benzene rings is 5. The minimum atomic E-state index is -4.42. The van der Waals surface area contributed by atoms with Crippen molar-refractivity contribution in [3.8, 4) is 78.9 Å². The highest BCUT2D eigenvalue weighted by Gasteiger charge is 2.32. The van der Waals surface area contributed by atoms with E-state index < -0.39 is 29.2 Å².